The zero-order valence-electron chi connectivity index (χ0n) is 13.5. The Bertz CT molecular complexity index is 658. The van der Waals surface area contributed by atoms with E-state index in [-0.39, 0.29) is 5.91 Å². The first kappa shape index (κ1) is 15.6. The van der Waals surface area contributed by atoms with Gasteiger partial charge < -0.3 is 9.42 Å². The molecule has 7 heteroatoms. The topological polar surface area (TPSA) is 75.4 Å². The molecule has 3 heterocycles. The van der Waals surface area contributed by atoms with Crippen molar-refractivity contribution in [3.05, 3.63) is 30.3 Å². The van der Waals surface area contributed by atoms with Crippen LogP contribution in [0.15, 0.2) is 28.9 Å². The van der Waals surface area contributed by atoms with Crippen LogP contribution in [0, 0.1) is 5.92 Å². The van der Waals surface area contributed by atoms with Gasteiger partial charge in [0.1, 0.15) is 5.69 Å². The normalized spacial score (nSPS) is 18.1. The van der Waals surface area contributed by atoms with Crippen molar-refractivity contribution in [1.29, 1.82) is 0 Å². The SMILES string of the molecule is CCN1C[C@@H](CN(C)Cc2nc(-c3ccccn3)no2)CC1=O. The minimum Gasteiger partial charge on any atom is -0.343 e. The van der Waals surface area contributed by atoms with Crippen molar-refractivity contribution >= 4 is 5.91 Å². The molecule has 7 nitrogen and oxygen atoms in total. The van der Waals surface area contributed by atoms with Crippen LogP contribution in [0.25, 0.3) is 11.5 Å². The highest BCUT2D eigenvalue weighted by atomic mass is 16.5. The number of aromatic nitrogens is 3. The summed E-state index contributed by atoms with van der Waals surface area (Å²) in [6, 6.07) is 5.59. The van der Waals surface area contributed by atoms with Crippen molar-refractivity contribution < 1.29 is 9.32 Å². The van der Waals surface area contributed by atoms with Gasteiger partial charge in [0.2, 0.25) is 17.6 Å². The molecule has 1 atom stereocenters. The minimum absolute atomic E-state index is 0.251. The van der Waals surface area contributed by atoms with Crippen molar-refractivity contribution in [3.8, 4) is 11.5 Å². The lowest BCUT2D eigenvalue weighted by molar-refractivity contribution is -0.127. The van der Waals surface area contributed by atoms with Gasteiger partial charge in [-0.15, -0.1) is 0 Å². The Kier molecular flexibility index (Phi) is 4.66. The maximum atomic E-state index is 11.8. The summed E-state index contributed by atoms with van der Waals surface area (Å²) in [7, 11) is 2.00. The molecule has 1 amide bonds. The third kappa shape index (κ3) is 3.73. The lowest BCUT2D eigenvalue weighted by Crippen LogP contribution is -2.28. The van der Waals surface area contributed by atoms with E-state index in [0.717, 1.165) is 19.6 Å². The number of carbonyl (C=O) groups is 1. The maximum absolute atomic E-state index is 11.8. The van der Waals surface area contributed by atoms with Gasteiger partial charge in [0.15, 0.2) is 0 Å². The average Bonchev–Trinajstić information content (AvgIpc) is 3.14. The maximum Gasteiger partial charge on any atom is 0.241 e. The molecule has 23 heavy (non-hydrogen) atoms. The largest absolute Gasteiger partial charge is 0.343 e. The van der Waals surface area contributed by atoms with Crippen molar-refractivity contribution in [2.75, 3.05) is 26.7 Å². The van der Waals surface area contributed by atoms with Crippen LogP contribution >= 0.6 is 0 Å². The number of hydrogen-bond acceptors (Lipinski definition) is 6. The highest BCUT2D eigenvalue weighted by Gasteiger charge is 2.29. The van der Waals surface area contributed by atoms with Crippen LogP contribution in [-0.4, -0.2) is 57.5 Å². The molecule has 3 rings (SSSR count). The molecule has 0 N–H and O–H groups in total. The monoisotopic (exact) mass is 315 g/mol. The lowest BCUT2D eigenvalue weighted by Gasteiger charge is -2.19. The van der Waals surface area contributed by atoms with Gasteiger partial charge in [0.05, 0.1) is 6.54 Å². The van der Waals surface area contributed by atoms with E-state index in [1.807, 2.05) is 37.1 Å². The van der Waals surface area contributed by atoms with Crippen molar-refractivity contribution in [1.82, 2.24) is 24.9 Å². The molecule has 0 spiro atoms. The Morgan fingerprint density at radius 1 is 1.43 bits per heavy atom. The first-order chi connectivity index (χ1) is 11.2. The van der Waals surface area contributed by atoms with E-state index in [2.05, 4.69) is 20.0 Å². The van der Waals surface area contributed by atoms with Crippen LogP contribution in [0.5, 0.6) is 0 Å². The van der Waals surface area contributed by atoms with Gasteiger partial charge in [-0.3, -0.25) is 14.7 Å². The second-order valence-electron chi connectivity index (χ2n) is 5.93. The average molecular weight is 315 g/mol. The summed E-state index contributed by atoms with van der Waals surface area (Å²) in [6.45, 7) is 5.04. The number of amides is 1. The summed E-state index contributed by atoms with van der Waals surface area (Å²) in [5.74, 6) is 1.68. The lowest BCUT2D eigenvalue weighted by atomic mass is 10.1. The zero-order chi connectivity index (χ0) is 16.2. The second-order valence-corrected chi connectivity index (χ2v) is 5.93. The first-order valence-electron chi connectivity index (χ1n) is 7.86. The Hall–Kier alpha value is -2.28. The molecule has 0 bridgehead atoms. The summed E-state index contributed by atoms with van der Waals surface area (Å²) < 4.78 is 5.30. The summed E-state index contributed by atoms with van der Waals surface area (Å²) in [5, 5.41) is 3.97. The molecule has 1 aliphatic heterocycles. The number of rotatable bonds is 6. The van der Waals surface area contributed by atoms with E-state index >= 15 is 0 Å². The minimum atomic E-state index is 0.251. The number of nitrogens with zero attached hydrogens (tertiary/aromatic N) is 5. The first-order valence-corrected chi connectivity index (χ1v) is 7.86. The Morgan fingerprint density at radius 3 is 3.00 bits per heavy atom. The van der Waals surface area contributed by atoms with Crippen LogP contribution in [0.4, 0.5) is 0 Å². The molecule has 0 saturated carbocycles. The highest BCUT2D eigenvalue weighted by Crippen LogP contribution is 2.19. The number of pyridine rings is 1. The molecule has 1 saturated heterocycles. The number of carbonyl (C=O) groups excluding carboxylic acids is 1. The Balaban J connectivity index is 1.56. The summed E-state index contributed by atoms with van der Waals surface area (Å²) >= 11 is 0. The third-order valence-corrected chi connectivity index (χ3v) is 4.01. The second kappa shape index (κ2) is 6.87. The number of likely N-dealkylation sites (tertiary alicyclic amines) is 1. The van der Waals surface area contributed by atoms with E-state index in [9.17, 15) is 4.79 Å². The van der Waals surface area contributed by atoms with E-state index in [4.69, 9.17) is 4.52 Å². The fourth-order valence-electron chi connectivity index (χ4n) is 2.94. The van der Waals surface area contributed by atoms with Crippen LogP contribution < -0.4 is 0 Å². The fourth-order valence-corrected chi connectivity index (χ4v) is 2.94. The molecular formula is C16H21N5O2. The van der Waals surface area contributed by atoms with Crippen LogP contribution in [0.1, 0.15) is 19.2 Å². The standard InChI is InChI=1S/C16H21N5O2/c1-3-21-10-12(8-15(21)22)9-20(2)11-14-18-16(19-23-14)13-6-4-5-7-17-13/h4-7,12H,3,8-11H2,1-2H3/t12-/m1/s1. The molecule has 2 aromatic rings. The fraction of sp³-hybridized carbons (Fsp3) is 0.500. The molecule has 0 radical (unpaired) electrons. The predicted octanol–water partition coefficient (Wildman–Crippen LogP) is 1.43. The van der Waals surface area contributed by atoms with Gasteiger partial charge in [-0.1, -0.05) is 11.2 Å². The van der Waals surface area contributed by atoms with Crippen LogP contribution in [0.2, 0.25) is 0 Å². The van der Waals surface area contributed by atoms with Crippen molar-refractivity contribution in [3.63, 3.8) is 0 Å². The Morgan fingerprint density at radius 2 is 2.30 bits per heavy atom. The molecule has 1 fully saturated rings. The molecule has 1 aliphatic rings. The summed E-state index contributed by atoms with van der Waals surface area (Å²) in [4.78, 5) is 24.4. The van der Waals surface area contributed by atoms with Crippen molar-refractivity contribution in [2.24, 2.45) is 5.92 Å². The molecule has 122 valence electrons. The molecule has 0 aliphatic carbocycles. The predicted molar refractivity (Wildman–Crippen MR) is 84.2 cm³/mol. The van der Waals surface area contributed by atoms with Crippen LogP contribution in [-0.2, 0) is 11.3 Å². The quantitative estimate of drug-likeness (QED) is 0.803. The van der Waals surface area contributed by atoms with Crippen LogP contribution in [0.3, 0.4) is 0 Å². The van der Waals surface area contributed by atoms with Gasteiger partial charge in [-0.05, 0) is 32.0 Å². The van der Waals surface area contributed by atoms with Gasteiger partial charge in [-0.2, -0.15) is 4.98 Å². The van der Waals surface area contributed by atoms with Gasteiger partial charge >= 0.3 is 0 Å². The number of hydrogen-bond donors (Lipinski definition) is 0. The van der Waals surface area contributed by atoms with E-state index < -0.39 is 0 Å². The van der Waals surface area contributed by atoms with E-state index in [1.54, 1.807) is 6.20 Å². The Labute approximate surface area is 135 Å². The molecule has 0 unspecified atom stereocenters. The van der Waals surface area contributed by atoms with E-state index in [1.165, 1.54) is 0 Å². The van der Waals surface area contributed by atoms with Crippen molar-refractivity contribution in [2.45, 2.75) is 19.9 Å². The molecule has 2 aromatic heterocycles. The molecular weight excluding hydrogens is 294 g/mol. The molecule has 0 aromatic carbocycles. The summed E-state index contributed by atoms with van der Waals surface area (Å²) in [5.41, 5.74) is 0.699. The zero-order valence-corrected chi connectivity index (χ0v) is 13.5. The van der Waals surface area contributed by atoms with E-state index in [0.29, 0.717) is 36.3 Å². The third-order valence-electron chi connectivity index (χ3n) is 4.01. The summed E-state index contributed by atoms with van der Waals surface area (Å²) in [6.07, 6.45) is 2.33. The van der Waals surface area contributed by atoms with Gasteiger partial charge in [0.25, 0.3) is 0 Å². The highest BCUT2D eigenvalue weighted by molar-refractivity contribution is 5.78. The van der Waals surface area contributed by atoms with Gasteiger partial charge in [0, 0.05) is 32.3 Å². The van der Waals surface area contributed by atoms with Gasteiger partial charge in [-0.25, -0.2) is 0 Å². The smallest absolute Gasteiger partial charge is 0.241 e.